The maximum atomic E-state index is 11.9. The summed E-state index contributed by atoms with van der Waals surface area (Å²) in [7, 11) is 0. The van der Waals surface area contributed by atoms with E-state index in [4.69, 9.17) is 22.9 Å². The molecule has 19 N–H and O–H groups in total. The molecule has 0 rings (SSSR count). The van der Waals surface area contributed by atoms with Gasteiger partial charge in [-0.2, -0.15) is 0 Å². The molecule has 57 heavy (non-hydrogen) atoms. The molecule has 27 nitrogen and oxygen atoms in total. The fraction of sp³-hybridized carbons (Fsp3) is 0.600. The van der Waals surface area contributed by atoms with Gasteiger partial charge in [0.1, 0.15) is 6.04 Å². The highest BCUT2D eigenvalue weighted by molar-refractivity contribution is 5.94. The normalized spacial score (nSPS) is 11.2. The third-order valence-electron chi connectivity index (χ3n) is 6.88. The molecular formula is C30H53N15O12. The van der Waals surface area contributed by atoms with Gasteiger partial charge in [-0.1, -0.05) is 0 Å². The molecule has 0 bridgehead atoms. The molecule has 0 aromatic heterocycles. The Morgan fingerprint density at radius 1 is 0.474 bits per heavy atom. The Hall–Kier alpha value is -6.64. The number of carbonyl (C=O) groups excluding carboxylic acids is 10. The fourth-order valence-corrected chi connectivity index (χ4v) is 3.88. The number of nitrogens with zero attached hydrogens (tertiary/aromatic N) is 1. The largest absolute Gasteiger partial charge is 0.480 e. The summed E-state index contributed by atoms with van der Waals surface area (Å²) in [5, 5.41) is 31.3. The van der Waals surface area contributed by atoms with E-state index in [1.807, 2.05) is 0 Å². The summed E-state index contributed by atoms with van der Waals surface area (Å²) in [6.07, 6.45) is 1.91. The number of rotatable bonds is 29. The first-order valence-corrected chi connectivity index (χ1v) is 17.4. The summed E-state index contributed by atoms with van der Waals surface area (Å²) in [4.78, 5) is 134. The van der Waals surface area contributed by atoms with E-state index in [0.29, 0.717) is 25.8 Å². The van der Waals surface area contributed by atoms with Gasteiger partial charge in [-0.25, -0.2) is 4.79 Å². The van der Waals surface area contributed by atoms with Crippen LogP contribution in [-0.4, -0.2) is 160 Å². The van der Waals surface area contributed by atoms with Crippen molar-refractivity contribution in [3.8, 4) is 0 Å². The van der Waals surface area contributed by atoms with Crippen molar-refractivity contribution in [1.82, 2.24) is 53.2 Å². The lowest BCUT2D eigenvalue weighted by molar-refractivity contribution is -0.142. The Balaban J connectivity index is 4.09. The molecule has 0 aliphatic carbocycles. The quantitative estimate of drug-likeness (QED) is 0.0189. The number of unbranched alkanes of at least 4 members (excludes halogenated alkanes) is 1. The molecule has 0 aromatic rings. The highest BCUT2D eigenvalue weighted by atomic mass is 16.4. The summed E-state index contributed by atoms with van der Waals surface area (Å²) in [5.74, 6) is -8.84. The molecule has 0 aliphatic heterocycles. The van der Waals surface area contributed by atoms with Crippen molar-refractivity contribution in [2.75, 3.05) is 72.0 Å². The Kier molecular flexibility index (Phi) is 26.2. The van der Waals surface area contributed by atoms with Crippen LogP contribution in [0.4, 0.5) is 0 Å². The van der Waals surface area contributed by atoms with Crippen molar-refractivity contribution in [3.05, 3.63) is 0 Å². The average molecular weight is 816 g/mol. The number of carboxylic acids is 1. The van der Waals surface area contributed by atoms with E-state index in [1.165, 1.54) is 0 Å². The van der Waals surface area contributed by atoms with Crippen molar-refractivity contribution < 1.29 is 57.8 Å². The predicted molar refractivity (Wildman–Crippen MR) is 197 cm³/mol. The molecule has 320 valence electrons. The van der Waals surface area contributed by atoms with Crippen LogP contribution in [0.1, 0.15) is 32.1 Å². The van der Waals surface area contributed by atoms with E-state index in [1.54, 1.807) is 0 Å². The molecular weight excluding hydrogens is 762 g/mol. The van der Waals surface area contributed by atoms with E-state index in [0.717, 1.165) is 0 Å². The van der Waals surface area contributed by atoms with Crippen LogP contribution >= 0.6 is 0 Å². The number of guanidine groups is 1. The Labute approximate surface area is 326 Å². The fourth-order valence-electron chi connectivity index (χ4n) is 3.88. The summed E-state index contributed by atoms with van der Waals surface area (Å²) < 4.78 is 0. The maximum absolute atomic E-state index is 11.9. The van der Waals surface area contributed by atoms with Gasteiger partial charge in [-0.05, 0) is 38.6 Å². The van der Waals surface area contributed by atoms with Crippen LogP contribution in [0.25, 0.3) is 0 Å². The zero-order chi connectivity index (χ0) is 43.2. The van der Waals surface area contributed by atoms with E-state index >= 15 is 0 Å². The molecule has 0 unspecified atom stereocenters. The lowest BCUT2D eigenvalue weighted by Gasteiger charge is -2.14. The molecule has 0 fully saturated rings. The topological polar surface area (TPSA) is 445 Å². The number of aliphatic carboxylic acids is 1. The van der Waals surface area contributed by atoms with E-state index in [-0.39, 0.29) is 25.3 Å². The standard InChI is InChI=1S/C30H53N15O12/c31-6-2-1-5-18(29(56)57)45-27(54)16-43-25(52)14-41-23(50)12-39-21(48)10-37-19(46)8-36-20(47)9-38-22(49)11-40-24(51)13-42-26(53)15-44-28(55)17(32)4-3-7-35-30(33)34/h17-18H,1-16,31-32H2,(H,36,47)(H,37,46)(H,38,49)(H,39,48)(H,40,51)(H,41,50)(H,42,53)(H,43,52)(H,44,55)(H,45,54)(H,56,57)(H4,33,34,35)/t17-,18-/m0/s1. The summed E-state index contributed by atoms with van der Waals surface area (Å²) >= 11 is 0. The molecule has 0 saturated carbocycles. The summed E-state index contributed by atoms with van der Waals surface area (Å²) in [6.45, 7) is -4.29. The molecule has 27 heteroatoms. The summed E-state index contributed by atoms with van der Waals surface area (Å²) in [5.41, 5.74) is 21.5. The number of nitrogens with two attached hydrogens (primary N) is 4. The van der Waals surface area contributed by atoms with E-state index in [2.05, 4.69) is 58.2 Å². The van der Waals surface area contributed by atoms with Gasteiger partial charge < -0.3 is 81.2 Å². The van der Waals surface area contributed by atoms with Gasteiger partial charge in [0.05, 0.1) is 64.9 Å². The first kappa shape index (κ1) is 50.4. The average Bonchev–Trinajstić information content (AvgIpc) is 3.17. The van der Waals surface area contributed by atoms with Crippen molar-refractivity contribution in [3.63, 3.8) is 0 Å². The molecule has 0 aliphatic rings. The van der Waals surface area contributed by atoms with Crippen LogP contribution in [0, 0.1) is 0 Å². The molecule has 2 atom stereocenters. The summed E-state index contributed by atoms with van der Waals surface area (Å²) in [6, 6.07) is -2.06. The van der Waals surface area contributed by atoms with E-state index in [9.17, 15) is 57.8 Å². The van der Waals surface area contributed by atoms with Gasteiger partial charge >= 0.3 is 5.97 Å². The minimum atomic E-state index is -1.24. The second-order valence-electron chi connectivity index (χ2n) is 11.7. The minimum absolute atomic E-state index is 0.0925. The number of hydrogen-bond acceptors (Lipinski definition) is 14. The van der Waals surface area contributed by atoms with Crippen LogP contribution in [0.5, 0.6) is 0 Å². The Morgan fingerprint density at radius 2 is 0.807 bits per heavy atom. The van der Waals surface area contributed by atoms with Gasteiger partial charge in [-0.3, -0.25) is 52.9 Å². The third-order valence-corrected chi connectivity index (χ3v) is 6.88. The SMILES string of the molecule is NCCCC[C@H](NC(=O)CNC(=O)CNC(=O)CNC(=O)CNC(=O)CNC(=O)CNC(=O)CNC(=O)CNC(=O)CNC(=O)[C@@H](N)CCCN=C(N)N)C(=O)O. The van der Waals surface area contributed by atoms with Crippen LogP contribution in [-0.2, 0) is 52.7 Å². The second-order valence-corrected chi connectivity index (χ2v) is 11.7. The van der Waals surface area contributed by atoms with Crippen molar-refractivity contribution in [2.24, 2.45) is 27.9 Å². The lowest BCUT2D eigenvalue weighted by Crippen LogP contribution is -2.48. The zero-order valence-corrected chi connectivity index (χ0v) is 31.2. The molecule has 10 amide bonds. The predicted octanol–water partition coefficient (Wildman–Crippen LogP) is -9.89. The first-order chi connectivity index (χ1) is 26.9. The highest BCUT2D eigenvalue weighted by Gasteiger charge is 2.20. The van der Waals surface area contributed by atoms with Gasteiger partial charge in [-0.15, -0.1) is 0 Å². The van der Waals surface area contributed by atoms with Gasteiger partial charge in [0.2, 0.25) is 59.1 Å². The Morgan fingerprint density at radius 3 is 1.12 bits per heavy atom. The van der Waals surface area contributed by atoms with Gasteiger partial charge in [0, 0.05) is 6.54 Å². The molecule has 0 spiro atoms. The zero-order valence-electron chi connectivity index (χ0n) is 31.2. The monoisotopic (exact) mass is 815 g/mol. The van der Waals surface area contributed by atoms with Crippen LogP contribution in [0.2, 0.25) is 0 Å². The molecule has 0 saturated heterocycles. The van der Waals surface area contributed by atoms with Crippen molar-refractivity contribution >= 4 is 71.0 Å². The number of nitrogens with one attached hydrogen (secondary N) is 10. The number of hydrogen-bond donors (Lipinski definition) is 15. The van der Waals surface area contributed by atoms with Gasteiger partial charge in [0.15, 0.2) is 5.96 Å². The number of carboxylic acid groups (broad SMARTS) is 1. The number of aliphatic imine (C=N–C) groups is 1. The number of amides is 10. The third kappa shape index (κ3) is 28.5. The minimum Gasteiger partial charge on any atom is -0.480 e. The second kappa shape index (κ2) is 29.7. The lowest BCUT2D eigenvalue weighted by atomic mass is 10.1. The highest BCUT2D eigenvalue weighted by Crippen LogP contribution is 2.00. The van der Waals surface area contributed by atoms with Crippen molar-refractivity contribution in [1.29, 1.82) is 0 Å². The van der Waals surface area contributed by atoms with Gasteiger partial charge in [0.25, 0.3) is 0 Å². The first-order valence-electron chi connectivity index (χ1n) is 17.4. The van der Waals surface area contributed by atoms with Crippen molar-refractivity contribution in [2.45, 2.75) is 44.2 Å². The van der Waals surface area contributed by atoms with Crippen LogP contribution in [0.15, 0.2) is 4.99 Å². The van der Waals surface area contributed by atoms with Crippen LogP contribution < -0.4 is 76.1 Å². The Bertz CT molecular complexity index is 1460. The smallest absolute Gasteiger partial charge is 0.326 e. The maximum Gasteiger partial charge on any atom is 0.326 e. The van der Waals surface area contributed by atoms with Crippen LogP contribution in [0.3, 0.4) is 0 Å². The molecule has 0 aromatic carbocycles. The molecule has 0 heterocycles. The molecule has 0 radical (unpaired) electrons. The van der Waals surface area contributed by atoms with E-state index < -0.39 is 136 Å². The number of carbonyl (C=O) groups is 11.